The zero-order chi connectivity index (χ0) is 4.41. The SMILES string of the molecule is O=C1CNNC1. The van der Waals surface area contributed by atoms with Gasteiger partial charge in [-0.2, -0.15) is 0 Å². The third kappa shape index (κ3) is 0.555. The van der Waals surface area contributed by atoms with Crippen LogP contribution in [-0.2, 0) is 4.79 Å². The summed E-state index contributed by atoms with van der Waals surface area (Å²) in [5.41, 5.74) is 5.34. The van der Waals surface area contributed by atoms with Crippen molar-refractivity contribution in [3.8, 4) is 0 Å². The predicted molar refractivity (Wildman–Crippen MR) is 21.0 cm³/mol. The van der Waals surface area contributed by atoms with Crippen LogP contribution < -0.4 is 10.9 Å². The molecule has 1 saturated heterocycles. The van der Waals surface area contributed by atoms with Crippen molar-refractivity contribution in [2.45, 2.75) is 0 Å². The van der Waals surface area contributed by atoms with E-state index in [4.69, 9.17) is 0 Å². The molecule has 3 heteroatoms. The summed E-state index contributed by atoms with van der Waals surface area (Å²) in [6.45, 7) is 0.972. The van der Waals surface area contributed by atoms with Crippen molar-refractivity contribution >= 4 is 5.78 Å². The van der Waals surface area contributed by atoms with E-state index in [1.54, 1.807) is 0 Å². The molecule has 0 unspecified atom stereocenters. The van der Waals surface area contributed by atoms with E-state index in [2.05, 4.69) is 10.9 Å². The van der Waals surface area contributed by atoms with Crippen molar-refractivity contribution in [3.05, 3.63) is 0 Å². The second-order valence-corrected chi connectivity index (χ2v) is 1.25. The number of carbonyl (C=O) groups excluding carboxylic acids is 1. The van der Waals surface area contributed by atoms with Crippen LogP contribution in [0.25, 0.3) is 0 Å². The van der Waals surface area contributed by atoms with Crippen molar-refractivity contribution < 1.29 is 4.79 Å². The van der Waals surface area contributed by atoms with Gasteiger partial charge in [-0.3, -0.25) is 4.79 Å². The highest BCUT2D eigenvalue weighted by Crippen LogP contribution is 1.69. The Balaban J connectivity index is 2.37. The molecule has 0 aromatic rings. The Labute approximate surface area is 35.7 Å². The van der Waals surface area contributed by atoms with Gasteiger partial charge in [0.1, 0.15) is 0 Å². The average molecular weight is 86.1 g/mol. The summed E-state index contributed by atoms with van der Waals surface area (Å²) >= 11 is 0. The number of Topliss-reactive ketones (excluding diaryl/α,β-unsaturated/α-hetero) is 1. The van der Waals surface area contributed by atoms with E-state index in [-0.39, 0.29) is 5.78 Å². The molecule has 3 nitrogen and oxygen atoms in total. The second kappa shape index (κ2) is 1.36. The molecule has 0 radical (unpaired) electrons. The molecule has 0 aromatic heterocycles. The highest BCUT2D eigenvalue weighted by atomic mass is 16.1. The van der Waals surface area contributed by atoms with E-state index in [9.17, 15) is 4.79 Å². The minimum absolute atomic E-state index is 0.231. The van der Waals surface area contributed by atoms with Crippen LogP contribution in [0.2, 0.25) is 0 Å². The molecule has 0 bridgehead atoms. The van der Waals surface area contributed by atoms with Crippen LogP contribution in [0, 0.1) is 0 Å². The first-order chi connectivity index (χ1) is 2.89. The van der Waals surface area contributed by atoms with E-state index < -0.39 is 0 Å². The van der Waals surface area contributed by atoms with E-state index >= 15 is 0 Å². The number of ketones is 1. The number of hydrogen-bond acceptors (Lipinski definition) is 3. The molecule has 0 aliphatic carbocycles. The van der Waals surface area contributed by atoms with E-state index in [0.717, 1.165) is 0 Å². The molecule has 1 heterocycles. The Bertz CT molecular complexity index is 63.2. The third-order valence-corrected chi connectivity index (χ3v) is 0.696. The van der Waals surface area contributed by atoms with Crippen molar-refractivity contribution in [2.24, 2.45) is 0 Å². The molecule has 1 fully saturated rings. The normalized spacial score (nSPS) is 22.3. The smallest absolute Gasteiger partial charge is 0.163 e. The Morgan fingerprint density at radius 3 is 2.00 bits per heavy atom. The molecule has 1 aliphatic rings. The van der Waals surface area contributed by atoms with Crippen LogP contribution in [0.15, 0.2) is 0 Å². The quantitative estimate of drug-likeness (QED) is 0.383. The van der Waals surface area contributed by atoms with Gasteiger partial charge in [0.05, 0.1) is 13.1 Å². The highest BCUT2D eigenvalue weighted by Gasteiger charge is 2.05. The van der Waals surface area contributed by atoms with Gasteiger partial charge < -0.3 is 0 Å². The lowest BCUT2D eigenvalue weighted by atomic mass is 10.4. The van der Waals surface area contributed by atoms with Gasteiger partial charge in [0, 0.05) is 0 Å². The number of nitrogens with one attached hydrogen (secondary N) is 2. The first-order valence-electron chi connectivity index (χ1n) is 1.87. The summed E-state index contributed by atoms with van der Waals surface area (Å²) < 4.78 is 0. The topological polar surface area (TPSA) is 41.1 Å². The van der Waals surface area contributed by atoms with Gasteiger partial charge in [-0.1, -0.05) is 0 Å². The Morgan fingerprint density at radius 1 is 1.33 bits per heavy atom. The molecular formula is C3H6N2O. The lowest BCUT2D eigenvalue weighted by Crippen LogP contribution is -2.21. The lowest BCUT2D eigenvalue weighted by Gasteiger charge is -1.79. The zero-order valence-corrected chi connectivity index (χ0v) is 3.32. The molecule has 0 atom stereocenters. The van der Waals surface area contributed by atoms with Gasteiger partial charge in [0.15, 0.2) is 5.78 Å². The lowest BCUT2D eigenvalue weighted by molar-refractivity contribution is -0.115. The van der Waals surface area contributed by atoms with Gasteiger partial charge in [-0.25, -0.2) is 10.9 Å². The van der Waals surface area contributed by atoms with Crippen molar-refractivity contribution in [1.29, 1.82) is 0 Å². The monoisotopic (exact) mass is 86.0 g/mol. The van der Waals surface area contributed by atoms with E-state index in [1.165, 1.54) is 0 Å². The molecule has 0 aromatic carbocycles. The van der Waals surface area contributed by atoms with Crippen LogP contribution in [-0.4, -0.2) is 18.9 Å². The average Bonchev–Trinajstić information content (AvgIpc) is 1.86. The van der Waals surface area contributed by atoms with Crippen LogP contribution in [0.1, 0.15) is 0 Å². The summed E-state index contributed by atoms with van der Waals surface area (Å²) in [5.74, 6) is 0.231. The van der Waals surface area contributed by atoms with Crippen molar-refractivity contribution in [2.75, 3.05) is 13.1 Å². The van der Waals surface area contributed by atoms with Crippen molar-refractivity contribution in [1.82, 2.24) is 10.9 Å². The fourth-order valence-electron chi connectivity index (χ4n) is 0.385. The fourth-order valence-corrected chi connectivity index (χ4v) is 0.385. The molecular weight excluding hydrogens is 80.0 g/mol. The van der Waals surface area contributed by atoms with Gasteiger partial charge >= 0.3 is 0 Å². The molecule has 2 N–H and O–H groups in total. The summed E-state index contributed by atoms with van der Waals surface area (Å²) in [4.78, 5) is 10.1. The summed E-state index contributed by atoms with van der Waals surface area (Å²) in [6.07, 6.45) is 0. The zero-order valence-electron chi connectivity index (χ0n) is 3.32. The maximum Gasteiger partial charge on any atom is 0.163 e. The van der Waals surface area contributed by atoms with Gasteiger partial charge in [0.25, 0.3) is 0 Å². The Hall–Kier alpha value is -0.410. The van der Waals surface area contributed by atoms with Gasteiger partial charge in [-0.15, -0.1) is 0 Å². The molecule has 0 saturated carbocycles. The minimum Gasteiger partial charge on any atom is -0.297 e. The van der Waals surface area contributed by atoms with Crippen LogP contribution in [0.4, 0.5) is 0 Å². The largest absolute Gasteiger partial charge is 0.297 e. The summed E-state index contributed by atoms with van der Waals surface area (Å²) in [6, 6.07) is 0. The third-order valence-electron chi connectivity index (χ3n) is 0.696. The Morgan fingerprint density at radius 2 is 1.83 bits per heavy atom. The molecule has 34 valence electrons. The molecule has 6 heavy (non-hydrogen) atoms. The second-order valence-electron chi connectivity index (χ2n) is 1.25. The summed E-state index contributed by atoms with van der Waals surface area (Å²) in [5, 5.41) is 0. The fraction of sp³-hybridized carbons (Fsp3) is 0.667. The van der Waals surface area contributed by atoms with Crippen LogP contribution in [0.3, 0.4) is 0 Å². The number of hydrogen-bond donors (Lipinski definition) is 2. The number of hydrazine groups is 1. The first kappa shape index (κ1) is 3.77. The standard InChI is InChI=1S/C3H6N2O/c6-3-1-4-5-2-3/h4-5H,1-2H2. The summed E-state index contributed by atoms with van der Waals surface area (Å²) in [7, 11) is 0. The number of rotatable bonds is 0. The molecule has 1 aliphatic heterocycles. The van der Waals surface area contributed by atoms with Gasteiger partial charge in [0.2, 0.25) is 0 Å². The van der Waals surface area contributed by atoms with Crippen LogP contribution in [0.5, 0.6) is 0 Å². The first-order valence-corrected chi connectivity index (χ1v) is 1.87. The molecule has 0 spiro atoms. The van der Waals surface area contributed by atoms with E-state index in [1.807, 2.05) is 0 Å². The predicted octanol–water partition coefficient (Wildman–Crippen LogP) is -1.34. The van der Waals surface area contributed by atoms with E-state index in [0.29, 0.717) is 13.1 Å². The van der Waals surface area contributed by atoms with Crippen LogP contribution >= 0.6 is 0 Å². The number of carbonyl (C=O) groups is 1. The minimum atomic E-state index is 0.231. The van der Waals surface area contributed by atoms with Crippen molar-refractivity contribution in [3.63, 3.8) is 0 Å². The van der Waals surface area contributed by atoms with Gasteiger partial charge in [-0.05, 0) is 0 Å². The Kier molecular flexibility index (Phi) is 0.856. The maximum absolute atomic E-state index is 10.1. The maximum atomic E-state index is 10.1. The molecule has 1 rings (SSSR count). The highest BCUT2D eigenvalue weighted by molar-refractivity contribution is 5.83. The molecule has 0 amide bonds.